The molecule has 3 rings (SSSR count). The molecule has 0 unspecified atom stereocenters. The molecule has 0 bridgehead atoms. The molecule has 0 amide bonds. The lowest BCUT2D eigenvalue weighted by atomic mass is 10.1. The number of aromatic nitrogens is 2. The van der Waals surface area contributed by atoms with Crippen LogP contribution in [0.5, 0.6) is 5.75 Å². The van der Waals surface area contributed by atoms with Gasteiger partial charge in [0.2, 0.25) is 0 Å². The van der Waals surface area contributed by atoms with E-state index in [4.69, 9.17) is 4.74 Å². The number of hydrogen-bond acceptors (Lipinski definition) is 3. The molecule has 2 aromatic carbocycles. The number of aliphatic imine (C=N–C) groups is 1. The summed E-state index contributed by atoms with van der Waals surface area (Å²) in [6.45, 7) is 3.40. The summed E-state index contributed by atoms with van der Waals surface area (Å²) in [4.78, 5) is 4.27. The number of halogens is 1. The van der Waals surface area contributed by atoms with E-state index < -0.39 is 0 Å². The monoisotopic (exact) mass is 491 g/mol. The molecule has 0 saturated heterocycles. The maximum atomic E-state index is 5.19. The van der Waals surface area contributed by atoms with Crippen LogP contribution in [-0.4, -0.2) is 29.9 Å². The van der Waals surface area contributed by atoms with Gasteiger partial charge in [-0.1, -0.05) is 29.8 Å². The molecular formula is C21H26IN5O. The molecule has 0 radical (unpaired) electrons. The third kappa shape index (κ3) is 5.98. The van der Waals surface area contributed by atoms with Gasteiger partial charge in [-0.15, -0.1) is 24.0 Å². The van der Waals surface area contributed by atoms with Gasteiger partial charge in [0, 0.05) is 19.8 Å². The Labute approximate surface area is 183 Å². The van der Waals surface area contributed by atoms with Crippen LogP contribution in [0.4, 0.5) is 0 Å². The molecule has 0 fully saturated rings. The van der Waals surface area contributed by atoms with E-state index in [1.54, 1.807) is 14.2 Å². The van der Waals surface area contributed by atoms with Crippen molar-refractivity contribution in [3.8, 4) is 11.4 Å². The highest BCUT2D eigenvalue weighted by Gasteiger charge is 2.04. The van der Waals surface area contributed by atoms with Gasteiger partial charge in [-0.25, -0.2) is 4.68 Å². The summed E-state index contributed by atoms with van der Waals surface area (Å²) >= 11 is 0. The SMILES string of the molecule is CN=C(NCc1ccc(C)cc1)NCc1ccn(-c2ccc(OC)cc2)n1.I. The summed E-state index contributed by atoms with van der Waals surface area (Å²) in [5.74, 6) is 1.57. The first-order valence-corrected chi connectivity index (χ1v) is 8.87. The molecule has 7 heteroatoms. The van der Waals surface area contributed by atoms with Crippen molar-refractivity contribution in [2.45, 2.75) is 20.0 Å². The van der Waals surface area contributed by atoms with Crippen molar-refractivity contribution in [2.75, 3.05) is 14.2 Å². The van der Waals surface area contributed by atoms with Gasteiger partial charge in [0.1, 0.15) is 5.75 Å². The van der Waals surface area contributed by atoms with Gasteiger partial charge in [0.05, 0.1) is 25.0 Å². The predicted molar refractivity (Wildman–Crippen MR) is 124 cm³/mol. The van der Waals surface area contributed by atoms with E-state index in [1.165, 1.54) is 11.1 Å². The molecule has 0 aliphatic carbocycles. The Bertz CT molecular complexity index is 888. The number of guanidine groups is 1. The van der Waals surface area contributed by atoms with Crippen molar-refractivity contribution < 1.29 is 4.74 Å². The third-order valence-corrected chi connectivity index (χ3v) is 4.22. The minimum atomic E-state index is 0. The molecule has 3 aromatic rings. The molecule has 148 valence electrons. The van der Waals surface area contributed by atoms with Crippen LogP contribution in [0.1, 0.15) is 16.8 Å². The van der Waals surface area contributed by atoms with Crippen LogP contribution in [0.25, 0.3) is 5.69 Å². The number of benzene rings is 2. The van der Waals surface area contributed by atoms with Gasteiger partial charge in [0.15, 0.2) is 5.96 Å². The lowest BCUT2D eigenvalue weighted by molar-refractivity contribution is 0.414. The van der Waals surface area contributed by atoms with Crippen LogP contribution in [0.2, 0.25) is 0 Å². The predicted octanol–water partition coefficient (Wildman–Crippen LogP) is 3.67. The molecule has 6 nitrogen and oxygen atoms in total. The zero-order chi connectivity index (χ0) is 19.1. The van der Waals surface area contributed by atoms with Crippen molar-refractivity contribution in [3.63, 3.8) is 0 Å². The molecule has 0 spiro atoms. The molecule has 0 aliphatic rings. The normalized spacial score (nSPS) is 10.9. The molecule has 1 aromatic heterocycles. The summed E-state index contributed by atoms with van der Waals surface area (Å²) in [6, 6.07) is 18.2. The second-order valence-corrected chi connectivity index (χ2v) is 6.21. The molecule has 0 atom stereocenters. The number of aryl methyl sites for hydroxylation is 1. The lowest BCUT2D eigenvalue weighted by Gasteiger charge is -2.11. The van der Waals surface area contributed by atoms with E-state index in [2.05, 4.69) is 51.9 Å². The van der Waals surface area contributed by atoms with E-state index in [-0.39, 0.29) is 24.0 Å². The summed E-state index contributed by atoms with van der Waals surface area (Å²) in [5, 5.41) is 11.2. The number of ether oxygens (including phenoxy) is 1. The van der Waals surface area contributed by atoms with Gasteiger partial charge in [-0.3, -0.25) is 4.99 Å². The van der Waals surface area contributed by atoms with Gasteiger partial charge < -0.3 is 15.4 Å². The molecular weight excluding hydrogens is 465 g/mol. The smallest absolute Gasteiger partial charge is 0.191 e. The van der Waals surface area contributed by atoms with Crippen molar-refractivity contribution in [1.82, 2.24) is 20.4 Å². The van der Waals surface area contributed by atoms with E-state index in [9.17, 15) is 0 Å². The fraction of sp³-hybridized carbons (Fsp3) is 0.238. The summed E-state index contributed by atoms with van der Waals surface area (Å²) in [6.07, 6.45) is 1.95. The molecule has 0 saturated carbocycles. The van der Waals surface area contributed by atoms with Crippen molar-refractivity contribution in [2.24, 2.45) is 4.99 Å². The highest BCUT2D eigenvalue weighted by atomic mass is 127. The van der Waals surface area contributed by atoms with Crippen LogP contribution in [0.3, 0.4) is 0 Å². The highest BCUT2D eigenvalue weighted by Crippen LogP contribution is 2.14. The second-order valence-electron chi connectivity index (χ2n) is 6.21. The van der Waals surface area contributed by atoms with Crippen LogP contribution in [-0.2, 0) is 13.1 Å². The van der Waals surface area contributed by atoms with Gasteiger partial charge in [-0.05, 0) is 42.8 Å². The average molecular weight is 491 g/mol. The van der Waals surface area contributed by atoms with Gasteiger partial charge in [0.25, 0.3) is 0 Å². The lowest BCUT2D eigenvalue weighted by Crippen LogP contribution is -2.36. The zero-order valence-electron chi connectivity index (χ0n) is 16.3. The van der Waals surface area contributed by atoms with Crippen molar-refractivity contribution >= 4 is 29.9 Å². The fourth-order valence-electron chi connectivity index (χ4n) is 2.62. The summed E-state index contributed by atoms with van der Waals surface area (Å²) in [7, 11) is 3.42. The number of methoxy groups -OCH3 is 1. The van der Waals surface area contributed by atoms with Gasteiger partial charge in [-0.2, -0.15) is 5.10 Å². The Hall–Kier alpha value is -2.55. The summed E-state index contributed by atoms with van der Waals surface area (Å²) in [5.41, 5.74) is 4.40. The first-order chi connectivity index (χ1) is 13.2. The van der Waals surface area contributed by atoms with Crippen molar-refractivity contribution in [3.05, 3.63) is 77.6 Å². The number of nitrogens with zero attached hydrogens (tertiary/aromatic N) is 3. The maximum Gasteiger partial charge on any atom is 0.191 e. The zero-order valence-corrected chi connectivity index (χ0v) is 18.7. The number of hydrogen-bond donors (Lipinski definition) is 2. The Morgan fingerprint density at radius 2 is 1.68 bits per heavy atom. The Morgan fingerprint density at radius 3 is 2.32 bits per heavy atom. The van der Waals surface area contributed by atoms with E-state index in [0.29, 0.717) is 6.54 Å². The first kappa shape index (κ1) is 21.7. The average Bonchev–Trinajstić information content (AvgIpc) is 3.18. The second kappa shape index (κ2) is 10.7. The third-order valence-electron chi connectivity index (χ3n) is 4.22. The Morgan fingerprint density at radius 1 is 1.00 bits per heavy atom. The van der Waals surface area contributed by atoms with Crippen LogP contribution in [0.15, 0.2) is 65.8 Å². The first-order valence-electron chi connectivity index (χ1n) is 8.87. The standard InChI is InChI=1S/C21H25N5O.HI/c1-16-4-6-17(7-5-16)14-23-21(22-2)24-15-18-12-13-26(25-18)19-8-10-20(27-3)11-9-19;/h4-13H,14-15H2,1-3H3,(H2,22,23,24);1H. The van der Waals surface area contributed by atoms with E-state index in [0.717, 1.165) is 29.6 Å². The number of rotatable bonds is 6. The Balaban J connectivity index is 0.00000280. The van der Waals surface area contributed by atoms with Crippen molar-refractivity contribution in [1.29, 1.82) is 0 Å². The maximum absolute atomic E-state index is 5.19. The molecule has 28 heavy (non-hydrogen) atoms. The van der Waals surface area contributed by atoms with Crippen LogP contribution in [0, 0.1) is 6.92 Å². The van der Waals surface area contributed by atoms with Gasteiger partial charge >= 0.3 is 0 Å². The molecule has 0 aliphatic heterocycles. The summed E-state index contributed by atoms with van der Waals surface area (Å²) < 4.78 is 7.03. The fourth-order valence-corrected chi connectivity index (χ4v) is 2.62. The minimum Gasteiger partial charge on any atom is -0.497 e. The van der Waals surface area contributed by atoms with Crippen LogP contribution < -0.4 is 15.4 Å². The largest absolute Gasteiger partial charge is 0.497 e. The number of nitrogens with one attached hydrogen (secondary N) is 2. The topological polar surface area (TPSA) is 63.5 Å². The highest BCUT2D eigenvalue weighted by molar-refractivity contribution is 14.0. The molecule has 1 heterocycles. The molecule has 2 N–H and O–H groups in total. The Kier molecular flexibility index (Phi) is 8.31. The van der Waals surface area contributed by atoms with E-state index >= 15 is 0 Å². The van der Waals surface area contributed by atoms with Crippen LogP contribution >= 0.6 is 24.0 Å². The quantitative estimate of drug-likeness (QED) is 0.314. The van der Waals surface area contributed by atoms with E-state index in [1.807, 2.05) is 41.2 Å². The minimum absolute atomic E-state index is 0.